The van der Waals surface area contributed by atoms with Crippen LogP contribution in [-0.4, -0.2) is 27.1 Å². The van der Waals surface area contributed by atoms with Crippen molar-refractivity contribution >= 4 is 0 Å². The van der Waals surface area contributed by atoms with Gasteiger partial charge in [-0.05, 0) is 48.9 Å². The molecule has 0 unspecified atom stereocenters. The summed E-state index contributed by atoms with van der Waals surface area (Å²) in [6, 6.07) is 10.3. The van der Waals surface area contributed by atoms with Gasteiger partial charge in [-0.1, -0.05) is 25.1 Å². The van der Waals surface area contributed by atoms with Crippen LogP contribution in [0.2, 0.25) is 0 Å². The molecule has 1 atom stereocenters. The predicted molar refractivity (Wildman–Crippen MR) is 93.0 cm³/mol. The van der Waals surface area contributed by atoms with Crippen molar-refractivity contribution in [1.29, 1.82) is 0 Å². The topological polar surface area (TPSA) is 55.1 Å². The summed E-state index contributed by atoms with van der Waals surface area (Å²) in [6.45, 7) is 4.86. The van der Waals surface area contributed by atoms with Crippen molar-refractivity contribution in [2.24, 2.45) is 5.92 Å². The fourth-order valence-corrected chi connectivity index (χ4v) is 3.05. The van der Waals surface area contributed by atoms with Gasteiger partial charge in [0.2, 0.25) is 11.7 Å². The maximum Gasteiger partial charge on any atom is 0.241 e. The summed E-state index contributed by atoms with van der Waals surface area (Å²) in [4.78, 5) is 10.8. The first-order valence-electron chi connectivity index (χ1n) is 8.23. The van der Waals surface area contributed by atoms with E-state index in [0.717, 1.165) is 11.1 Å². The molecule has 0 N–H and O–H groups in total. The number of hydrogen-bond donors (Lipinski definition) is 0. The number of nitrogens with zero attached hydrogens (tertiary/aromatic N) is 4. The third kappa shape index (κ3) is 4.09. The van der Waals surface area contributed by atoms with Gasteiger partial charge < -0.3 is 4.52 Å². The number of rotatable bonds is 6. The van der Waals surface area contributed by atoms with Gasteiger partial charge in [0.05, 0.1) is 6.54 Å². The van der Waals surface area contributed by atoms with E-state index in [9.17, 15) is 4.39 Å². The molecule has 0 saturated carbocycles. The molecule has 0 spiro atoms. The van der Waals surface area contributed by atoms with Gasteiger partial charge in [0.25, 0.3) is 0 Å². The van der Waals surface area contributed by atoms with Crippen molar-refractivity contribution < 1.29 is 8.91 Å². The van der Waals surface area contributed by atoms with Crippen LogP contribution in [0.15, 0.2) is 53.3 Å². The van der Waals surface area contributed by atoms with Crippen molar-refractivity contribution in [3.05, 3.63) is 66.1 Å². The first-order chi connectivity index (χ1) is 12.0. The van der Waals surface area contributed by atoms with Gasteiger partial charge in [-0.25, -0.2) is 4.39 Å². The molecule has 2 aromatic heterocycles. The van der Waals surface area contributed by atoms with Crippen molar-refractivity contribution in [2.45, 2.75) is 26.4 Å². The molecule has 130 valence electrons. The van der Waals surface area contributed by atoms with Gasteiger partial charge in [0, 0.05) is 24.0 Å². The lowest BCUT2D eigenvalue weighted by Crippen LogP contribution is -2.28. The van der Waals surface area contributed by atoms with Gasteiger partial charge >= 0.3 is 0 Å². The van der Waals surface area contributed by atoms with E-state index in [0.29, 0.717) is 24.2 Å². The molecule has 25 heavy (non-hydrogen) atoms. The van der Waals surface area contributed by atoms with Crippen molar-refractivity contribution in [2.75, 3.05) is 7.05 Å². The normalized spacial score (nSPS) is 12.7. The molecule has 0 aliphatic carbocycles. The predicted octanol–water partition coefficient (Wildman–Crippen LogP) is 4.10. The Morgan fingerprint density at radius 3 is 2.56 bits per heavy atom. The van der Waals surface area contributed by atoms with Crippen LogP contribution >= 0.6 is 0 Å². The van der Waals surface area contributed by atoms with Gasteiger partial charge in [0.15, 0.2) is 0 Å². The minimum Gasteiger partial charge on any atom is -0.338 e. The fraction of sp³-hybridized carbons (Fsp3) is 0.316. The quantitative estimate of drug-likeness (QED) is 0.676. The molecule has 5 nitrogen and oxygen atoms in total. The number of hydrogen-bond acceptors (Lipinski definition) is 5. The maximum atomic E-state index is 13.0. The largest absolute Gasteiger partial charge is 0.338 e. The first-order valence-corrected chi connectivity index (χ1v) is 8.23. The van der Waals surface area contributed by atoms with E-state index in [-0.39, 0.29) is 11.9 Å². The number of aromatic nitrogens is 3. The van der Waals surface area contributed by atoms with Crippen LogP contribution < -0.4 is 0 Å². The van der Waals surface area contributed by atoms with Gasteiger partial charge in [-0.2, -0.15) is 4.98 Å². The Morgan fingerprint density at radius 1 is 1.16 bits per heavy atom. The average molecular weight is 340 g/mol. The SMILES string of the molecule is CC(C)[C@H](c1cccnc1)N(C)Cc1nc(-c2ccc(F)cc2)no1. The zero-order chi connectivity index (χ0) is 17.8. The van der Waals surface area contributed by atoms with Crippen molar-refractivity contribution in [1.82, 2.24) is 20.0 Å². The number of benzene rings is 1. The summed E-state index contributed by atoms with van der Waals surface area (Å²) >= 11 is 0. The van der Waals surface area contributed by atoms with E-state index in [1.54, 1.807) is 18.3 Å². The molecule has 0 aliphatic heterocycles. The van der Waals surface area contributed by atoms with E-state index >= 15 is 0 Å². The third-order valence-electron chi connectivity index (χ3n) is 4.09. The average Bonchev–Trinajstić information content (AvgIpc) is 3.04. The lowest BCUT2D eigenvalue weighted by atomic mass is 9.96. The Labute approximate surface area is 146 Å². The summed E-state index contributed by atoms with van der Waals surface area (Å²) in [6.07, 6.45) is 3.66. The minimum atomic E-state index is -0.288. The summed E-state index contributed by atoms with van der Waals surface area (Å²) in [5.41, 5.74) is 1.88. The smallest absolute Gasteiger partial charge is 0.241 e. The molecule has 2 heterocycles. The fourth-order valence-electron chi connectivity index (χ4n) is 3.05. The minimum absolute atomic E-state index is 0.190. The molecule has 3 aromatic rings. The standard InChI is InChI=1S/C19H21FN4O/c1-13(2)18(15-5-4-10-21-11-15)24(3)12-17-22-19(23-25-17)14-6-8-16(20)9-7-14/h4-11,13,18H,12H2,1-3H3/t18-/m1/s1. The van der Waals surface area contributed by atoms with Crippen LogP contribution in [0.5, 0.6) is 0 Å². The Bertz CT molecular complexity index is 802. The van der Waals surface area contributed by atoms with Gasteiger partial charge in [-0.3, -0.25) is 9.88 Å². The molecule has 6 heteroatoms. The second kappa shape index (κ2) is 7.53. The highest BCUT2D eigenvalue weighted by Gasteiger charge is 2.23. The second-order valence-corrected chi connectivity index (χ2v) is 6.41. The number of halogens is 1. The van der Waals surface area contributed by atoms with Crippen LogP contribution in [0.25, 0.3) is 11.4 Å². The van der Waals surface area contributed by atoms with E-state index in [4.69, 9.17) is 4.52 Å². The highest BCUT2D eigenvalue weighted by Crippen LogP contribution is 2.28. The van der Waals surface area contributed by atoms with Gasteiger partial charge in [-0.15, -0.1) is 0 Å². The van der Waals surface area contributed by atoms with Crippen molar-refractivity contribution in [3.8, 4) is 11.4 Å². The molecular weight excluding hydrogens is 319 g/mol. The van der Waals surface area contributed by atoms with Crippen LogP contribution in [0, 0.1) is 11.7 Å². The van der Waals surface area contributed by atoms with Crippen LogP contribution in [0.1, 0.15) is 31.3 Å². The molecular formula is C19H21FN4O. The Kier molecular flexibility index (Phi) is 5.19. The van der Waals surface area contributed by atoms with Gasteiger partial charge in [0.1, 0.15) is 5.82 Å². The van der Waals surface area contributed by atoms with Crippen molar-refractivity contribution in [3.63, 3.8) is 0 Å². The monoisotopic (exact) mass is 340 g/mol. The number of pyridine rings is 1. The van der Waals surface area contributed by atoms with E-state index < -0.39 is 0 Å². The van der Waals surface area contributed by atoms with Crippen LogP contribution in [0.4, 0.5) is 4.39 Å². The van der Waals surface area contributed by atoms with E-state index in [1.165, 1.54) is 12.1 Å². The Balaban J connectivity index is 1.76. The summed E-state index contributed by atoms with van der Waals surface area (Å²) in [5, 5.41) is 4.00. The third-order valence-corrected chi connectivity index (χ3v) is 4.09. The zero-order valence-corrected chi connectivity index (χ0v) is 14.6. The lowest BCUT2D eigenvalue weighted by molar-refractivity contribution is 0.164. The van der Waals surface area contributed by atoms with Crippen LogP contribution in [0.3, 0.4) is 0 Å². The molecule has 0 saturated heterocycles. The maximum absolute atomic E-state index is 13.0. The lowest BCUT2D eigenvalue weighted by Gasteiger charge is -2.30. The Morgan fingerprint density at radius 2 is 1.92 bits per heavy atom. The van der Waals surface area contributed by atoms with E-state index in [1.807, 2.05) is 19.3 Å². The summed E-state index contributed by atoms with van der Waals surface area (Å²) < 4.78 is 18.4. The highest BCUT2D eigenvalue weighted by molar-refractivity contribution is 5.53. The molecule has 0 radical (unpaired) electrons. The molecule has 0 bridgehead atoms. The molecule has 1 aromatic carbocycles. The second-order valence-electron chi connectivity index (χ2n) is 6.41. The zero-order valence-electron chi connectivity index (χ0n) is 14.6. The van der Waals surface area contributed by atoms with E-state index in [2.05, 4.69) is 39.9 Å². The summed E-state index contributed by atoms with van der Waals surface area (Å²) in [7, 11) is 2.03. The molecule has 0 amide bonds. The van der Waals surface area contributed by atoms with Crippen LogP contribution in [-0.2, 0) is 6.54 Å². The summed E-state index contributed by atoms with van der Waals surface area (Å²) in [5.74, 6) is 1.10. The first kappa shape index (κ1) is 17.2. The molecule has 3 rings (SSSR count). The molecule has 0 fully saturated rings. The Hall–Kier alpha value is -2.60. The molecule has 0 aliphatic rings. The highest BCUT2D eigenvalue weighted by atomic mass is 19.1.